The second-order valence-electron chi connectivity index (χ2n) is 7.05. The molecular weight excluding hydrogens is 412 g/mol. The molecule has 0 N–H and O–H groups in total. The molecule has 0 saturated heterocycles. The highest BCUT2D eigenvalue weighted by molar-refractivity contribution is 7.90. The average molecular weight is 435 g/mol. The van der Waals surface area contributed by atoms with Crippen LogP contribution in [0.1, 0.15) is 36.1 Å². The molecule has 8 heteroatoms. The summed E-state index contributed by atoms with van der Waals surface area (Å²) in [6, 6.07) is 10.3. The number of ether oxygens (including phenoxy) is 1. The summed E-state index contributed by atoms with van der Waals surface area (Å²) in [5.74, 6) is -0.276. The normalized spacial score (nSPS) is 11.7. The van der Waals surface area contributed by atoms with E-state index in [0.717, 1.165) is 11.1 Å². The van der Waals surface area contributed by atoms with E-state index in [0.29, 0.717) is 47.6 Å². The number of methoxy groups -OCH3 is 1. The van der Waals surface area contributed by atoms with E-state index < -0.39 is 10.0 Å². The van der Waals surface area contributed by atoms with E-state index in [2.05, 4.69) is 9.72 Å². The minimum atomic E-state index is -3.83. The number of nitrogens with zero attached hydrogens (tertiary/aromatic N) is 2. The van der Waals surface area contributed by atoms with Crippen LogP contribution >= 0.6 is 11.6 Å². The number of fused-ring (bicyclic) bond motifs is 1. The number of rotatable bonds is 7. The molecule has 0 amide bonds. The summed E-state index contributed by atoms with van der Waals surface area (Å²) in [7, 11) is -2.47. The van der Waals surface area contributed by atoms with Crippen molar-refractivity contribution >= 4 is 38.6 Å². The number of carbonyl (C=O) groups is 1. The van der Waals surface area contributed by atoms with Crippen LogP contribution < -0.4 is 0 Å². The van der Waals surface area contributed by atoms with Gasteiger partial charge in [-0.05, 0) is 74.6 Å². The van der Waals surface area contributed by atoms with Crippen LogP contribution in [0, 0.1) is 13.8 Å². The van der Waals surface area contributed by atoms with Crippen LogP contribution in [0.15, 0.2) is 41.3 Å². The van der Waals surface area contributed by atoms with Crippen molar-refractivity contribution in [3.05, 3.63) is 58.4 Å². The van der Waals surface area contributed by atoms with Crippen molar-refractivity contribution in [2.24, 2.45) is 0 Å². The van der Waals surface area contributed by atoms with Gasteiger partial charge >= 0.3 is 5.97 Å². The lowest BCUT2D eigenvalue weighted by molar-refractivity contribution is -0.140. The highest BCUT2D eigenvalue weighted by Gasteiger charge is 2.24. The van der Waals surface area contributed by atoms with Crippen LogP contribution in [0.3, 0.4) is 0 Å². The summed E-state index contributed by atoms with van der Waals surface area (Å²) in [6.07, 6.45) is 2.02. The van der Waals surface area contributed by atoms with Crippen LogP contribution in [0.5, 0.6) is 0 Å². The van der Waals surface area contributed by atoms with Crippen LogP contribution in [0.4, 0.5) is 0 Å². The fraction of sp³-hybridized carbons (Fsp3) is 0.333. The van der Waals surface area contributed by atoms with Gasteiger partial charge in [0.15, 0.2) is 0 Å². The largest absolute Gasteiger partial charge is 0.469 e. The first-order valence-electron chi connectivity index (χ1n) is 9.30. The Labute approximate surface area is 175 Å². The van der Waals surface area contributed by atoms with Crippen molar-refractivity contribution in [1.29, 1.82) is 0 Å². The smallest absolute Gasteiger partial charge is 0.305 e. The Hall–Kier alpha value is -2.38. The average Bonchev–Trinajstić information content (AvgIpc) is 3.02. The zero-order valence-corrected chi connectivity index (χ0v) is 18.2. The van der Waals surface area contributed by atoms with E-state index in [9.17, 15) is 13.2 Å². The molecule has 3 rings (SSSR count). The quantitative estimate of drug-likeness (QED) is 0.312. The zero-order chi connectivity index (χ0) is 21.2. The molecule has 154 valence electrons. The SMILES string of the molecule is COC(=O)CCCCc1cc2nc(Cl)ccc2n1S(=O)(=O)c1cc(C)cc(C)c1. The first kappa shape index (κ1) is 21.3. The fourth-order valence-corrected chi connectivity index (χ4v) is 5.31. The molecule has 0 bridgehead atoms. The molecule has 0 saturated carbocycles. The predicted molar refractivity (Wildman–Crippen MR) is 113 cm³/mol. The summed E-state index contributed by atoms with van der Waals surface area (Å²) in [5.41, 5.74) is 3.37. The van der Waals surface area contributed by atoms with Gasteiger partial charge < -0.3 is 4.74 Å². The summed E-state index contributed by atoms with van der Waals surface area (Å²) < 4.78 is 33.1. The van der Waals surface area contributed by atoms with E-state index in [1.54, 1.807) is 30.3 Å². The van der Waals surface area contributed by atoms with Crippen LogP contribution in [0.2, 0.25) is 5.15 Å². The van der Waals surface area contributed by atoms with Crippen molar-refractivity contribution in [3.8, 4) is 0 Å². The van der Waals surface area contributed by atoms with E-state index in [1.807, 2.05) is 19.9 Å². The van der Waals surface area contributed by atoms with Gasteiger partial charge in [0.05, 0.1) is 23.0 Å². The Balaban J connectivity index is 2.05. The molecule has 3 aromatic rings. The van der Waals surface area contributed by atoms with E-state index in [1.165, 1.54) is 11.1 Å². The lowest BCUT2D eigenvalue weighted by Gasteiger charge is -2.13. The first-order chi connectivity index (χ1) is 13.7. The van der Waals surface area contributed by atoms with Gasteiger partial charge in [-0.2, -0.15) is 0 Å². The first-order valence-corrected chi connectivity index (χ1v) is 11.1. The van der Waals surface area contributed by atoms with Crippen LogP contribution in [-0.2, 0) is 26.0 Å². The molecule has 1 aromatic carbocycles. The molecule has 0 aliphatic carbocycles. The lowest BCUT2D eigenvalue weighted by atomic mass is 10.1. The predicted octanol–water partition coefficient (Wildman–Crippen LogP) is 4.43. The number of unbranched alkanes of at least 4 members (excludes halogenated alkanes) is 1. The summed E-state index contributed by atoms with van der Waals surface area (Å²) in [5, 5.41) is 0.302. The number of aromatic nitrogens is 2. The van der Waals surface area contributed by atoms with Crippen molar-refractivity contribution in [3.63, 3.8) is 0 Å². The number of hydrogen-bond donors (Lipinski definition) is 0. The Morgan fingerprint density at radius 2 is 1.79 bits per heavy atom. The minimum absolute atomic E-state index is 0.235. The van der Waals surface area contributed by atoms with E-state index in [-0.39, 0.29) is 10.9 Å². The number of halogens is 1. The number of pyridine rings is 1. The second-order valence-corrected chi connectivity index (χ2v) is 9.22. The number of esters is 1. The van der Waals surface area contributed by atoms with Crippen LogP contribution in [-0.4, -0.2) is 30.5 Å². The zero-order valence-electron chi connectivity index (χ0n) is 16.6. The number of carbonyl (C=O) groups excluding carboxylic acids is 1. The second kappa shape index (κ2) is 8.55. The molecule has 2 aromatic heterocycles. The molecule has 0 fully saturated rings. The highest BCUT2D eigenvalue weighted by Crippen LogP contribution is 2.28. The molecular formula is C21H23ClN2O4S. The van der Waals surface area contributed by atoms with Gasteiger partial charge in [-0.25, -0.2) is 17.4 Å². The lowest BCUT2D eigenvalue weighted by Crippen LogP contribution is -2.16. The van der Waals surface area contributed by atoms with Gasteiger partial charge in [0.2, 0.25) is 0 Å². The van der Waals surface area contributed by atoms with E-state index in [4.69, 9.17) is 11.6 Å². The van der Waals surface area contributed by atoms with E-state index >= 15 is 0 Å². The highest BCUT2D eigenvalue weighted by atomic mass is 35.5. The molecule has 0 unspecified atom stereocenters. The van der Waals surface area contributed by atoms with Crippen molar-refractivity contribution in [1.82, 2.24) is 8.96 Å². The fourth-order valence-electron chi connectivity index (χ4n) is 3.41. The maximum absolute atomic E-state index is 13.5. The Morgan fingerprint density at radius 1 is 1.10 bits per heavy atom. The monoisotopic (exact) mass is 434 g/mol. The number of benzene rings is 1. The number of aryl methyl sites for hydroxylation is 3. The van der Waals surface area contributed by atoms with Crippen molar-refractivity contribution in [2.45, 2.75) is 44.4 Å². The summed E-state index contributed by atoms with van der Waals surface area (Å²) >= 11 is 6.01. The Morgan fingerprint density at radius 3 is 2.45 bits per heavy atom. The molecule has 2 heterocycles. The third-order valence-corrected chi connectivity index (χ3v) is 6.63. The standard InChI is InChI=1S/C21H23ClN2O4S/c1-14-10-15(2)12-17(11-14)29(26,27)24-16(6-4-5-7-21(25)28-3)13-18-19(24)8-9-20(22)23-18/h8-13H,4-7H2,1-3H3. The third-order valence-electron chi connectivity index (χ3n) is 4.68. The van der Waals surface area contributed by atoms with Gasteiger partial charge in [0.25, 0.3) is 10.0 Å². The van der Waals surface area contributed by atoms with Crippen molar-refractivity contribution in [2.75, 3.05) is 7.11 Å². The van der Waals surface area contributed by atoms with Gasteiger partial charge in [0, 0.05) is 12.1 Å². The molecule has 6 nitrogen and oxygen atoms in total. The van der Waals surface area contributed by atoms with Crippen LogP contribution in [0.25, 0.3) is 11.0 Å². The molecule has 0 aliphatic rings. The maximum atomic E-state index is 13.5. The van der Waals surface area contributed by atoms with Gasteiger partial charge in [-0.3, -0.25) is 4.79 Å². The number of hydrogen-bond acceptors (Lipinski definition) is 5. The third kappa shape index (κ3) is 4.62. The van der Waals surface area contributed by atoms with Crippen molar-refractivity contribution < 1.29 is 17.9 Å². The Kier molecular flexibility index (Phi) is 6.29. The molecule has 0 aliphatic heterocycles. The van der Waals surface area contributed by atoms with Gasteiger partial charge in [0.1, 0.15) is 5.15 Å². The molecule has 0 spiro atoms. The topological polar surface area (TPSA) is 78.3 Å². The van der Waals surface area contributed by atoms with Gasteiger partial charge in [-0.1, -0.05) is 17.7 Å². The molecule has 29 heavy (non-hydrogen) atoms. The Bertz CT molecular complexity index is 1150. The summed E-state index contributed by atoms with van der Waals surface area (Å²) in [6.45, 7) is 3.74. The maximum Gasteiger partial charge on any atom is 0.305 e. The molecule has 0 atom stereocenters. The summed E-state index contributed by atoms with van der Waals surface area (Å²) in [4.78, 5) is 15.8. The van der Waals surface area contributed by atoms with Gasteiger partial charge in [-0.15, -0.1) is 0 Å². The molecule has 0 radical (unpaired) electrons. The minimum Gasteiger partial charge on any atom is -0.469 e.